The van der Waals surface area contributed by atoms with E-state index < -0.39 is 0 Å². The van der Waals surface area contributed by atoms with Crippen LogP contribution >= 0.6 is 0 Å². The molecule has 0 radical (unpaired) electrons. The van der Waals surface area contributed by atoms with Crippen LogP contribution in [0.15, 0.2) is 48.7 Å². The van der Waals surface area contributed by atoms with Gasteiger partial charge in [0.1, 0.15) is 22.7 Å². The molecule has 0 unspecified atom stereocenters. The van der Waals surface area contributed by atoms with Crippen molar-refractivity contribution in [2.24, 2.45) is 0 Å². The molecule has 0 fully saturated rings. The number of hydrogen-bond donors (Lipinski definition) is 1. The van der Waals surface area contributed by atoms with E-state index >= 15 is 0 Å². The Kier molecular flexibility index (Phi) is 3.30. The number of methoxy groups -OCH3 is 1. The van der Waals surface area contributed by atoms with Crippen LogP contribution in [0.2, 0.25) is 0 Å². The Morgan fingerprint density at radius 2 is 2.00 bits per heavy atom. The molecule has 2 aromatic heterocycles. The van der Waals surface area contributed by atoms with E-state index in [1.54, 1.807) is 17.6 Å². The maximum absolute atomic E-state index is 13.4. The lowest BCUT2D eigenvalue weighted by Gasteiger charge is -2.07. The summed E-state index contributed by atoms with van der Waals surface area (Å²) in [5.74, 6) is 0.726. The van der Waals surface area contributed by atoms with Gasteiger partial charge in [-0.25, -0.2) is 14.4 Å². The molecule has 0 aliphatic heterocycles. The highest BCUT2D eigenvalue weighted by molar-refractivity contribution is 5.96. The summed E-state index contributed by atoms with van der Waals surface area (Å²) >= 11 is 0. The normalized spacial score (nSPS) is 11.2. The zero-order chi connectivity index (χ0) is 16.7. The van der Waals surface area contributed by atoms with Crippen LogP contribution in [0.1, 0.15) is 11.3 Å². The minimum absolute atomic E-state index is 0.257. The summed E-state index contributed by atoms with van der Waals surface area (Å²) in [6.45, 7) is 0. The average molecular weight is 322 g/mol. The third-order valence-corrected chi connectivity index (χ3v) is 3.96. The summed E-state index contributed by atoms with van der Waals surface area (Å²) in [6.07, 6.45) is 2.35. The van der Waals surface area contributed by atoms with E-state index in [1.807, 2.05) is 30.5 Å². The molecule has 4 rings (SSSR count). The summed E-state index contributed by atoms with van der Waals surface area (Å²) in [5.41, 5.74) is 9.11. The molecule has 0 saturated carbocycles. The number of imidazole rings is 1. The molecule has 0 spiro atoms. The summed E-state index contributed by atoms with van der Waals surface area (Å²) in [6, 6.07) is 12.1. The largest absolute Gasteiger partial charge is 0.494 e. The fourth-order valence-corrected chi connectivity index (χ4v) is 2.89. The second kappa shape index (κ2) is 5.49. The summed E-state index contributed by atoms with van der Waals surface area (Å²) in [5, 5.41) is 0.856. The molecule has 6 heteroatoms. The quantitative estimate of drug-likeness (QED) is 0.629. The van der Waals surface area contributed by atoms with Gasteiger partial charge >= 0.3 is 0 Å². The maximum atomic E-state index is 13.4. The van der Waals surface area contributed by atoms with Crippen molar-refractivity contribution in [3.8, 4) is 5.75 Å². The predicted octanol–water partition coefficient (Wildman–Crippen LogP) is 3.20. The topological polar surface area (TPSA) is 65.4 Å². The van der Waals surface area contributed by atoms with Gasteiger partial charge < -0.3 is 10.5 Å². The Labute approximate surface area is 137 Å². The van der Waals surface area contributed by atoms with E-state index in [1.165, 1.54) is 12.1 Å². The van der Waals surface area contributed by atoms with Crippen LogP contribution in [0.4, 0.5) is 10.3 Å². The number of hydrogen-bond acceptors (Lipinski definition) is 4. The third kappa shape index (κ3) is 2.32. The molecule has 120 valence electrons. The molecule has 24 heavy (non-hydrogen) atoms. The number of rotatable bonds is 3. The van der Waals surface area contributed by atoms with Crippen molar-refractivity contribution >= 4 is 22.5 Å². The van der Waals surface area contributed by atoms with Gasteiger partial charge in [0.05, 0.1) is 12.8 Å². The highest BCUT2D eigenvalue weighted by Crippen LogP contribution is 2.28. The smallest absolute Gasteiger partial charge is 0.206 e. The molecule has 2 N–H and O–H groups in total. The molecule has 0 amide bonds. The standard InChI is InChI=1S/C18H15FN4O/c1-24-15-7-3-6-14-16(15)22-18(20)23-10-13(21-17(14)23)9-11-4-2-5-12(19)8-11/h2-8,10H,9H2,1H3,(H2,20,22). The highest BCUT2D eigenvalue weighted by Gasteiger charge is 2.13. The average Bonchev–Trinajstić information content (AvgIpc) is 2.99. The number of para-hydroxylation sites is 1. The summed E-state index contributed by atoms with van der Waals surface area (Å²) < 4.78 is 20.5. The van der Waals surface area contributed by atoms with Crippen LogP contribution in [0.25, 0.3) is 16.6 Å². The first-order chi connectivity index (χ1) is 11.7. The van der Waals surface area contributed by atoms with E-state index in [4.69, 9.17) is 10.5 Å². The Morgan fingerprint density at radius 3 is 2.79 bits per heavy atom. The number of fused-ring (bicyclic) bond motifs is 3. The molecule has 0 saturated heterocycles. The number of ether oxygens (including phenoxy) is 1. The summed E-state index contributed by atoms with van der Waals surface area (Å²) in [4.78, 5) is 9.09. The molecule has 2 aromatic carbocycles. The van der Waals surface area contributed by atoms with Gasteiger partial charge in [0.15, 0.2) is 0 Å². The van der Waals surface area contributed by atoms with Crippen LogP contribution in [-0.4, -0.2) is 21.5 Å². The monoisotopic (exact) mass is 322 g/mol. The first-order valence-corrected chi connectivity index (χ1v) is 7.50. The molecular weight excluding hydrogens is 307 g/mol. The van der Waals surface area contributed by atoms with Gasteiger partial charge in [-0.05, 0) is 29.8 Å². The van der Waals surface area contributed by atoms with Crippen molar-refractivity contribution in [3.05, 3.63) is 65.7 Å². The Morgan fingerprint density at radius 1 is 1.17 bits per heavy atom. The second-order valence-corrected chi connectivity index (χ2v) is 5.56. The van der Waals surface area contributed by atoms with Gasteiger partial charge in [0, 0.05) is 18.0 Å². The van der Waals surface area contributed by atoms with Crippen LogP contribution in [0.5, 0.6) is 5.75 Å². The Balaban J connectivity index is 1.88. The molecule has 0 aliphatic rings. The fourth-order valence-electron chi connectivity index (χ4n) is 2.89. The van der Waals surface area contributed by atoms with Crippen molar-refractivity contribution in [1.29, 1.82) is 0 Å². The van der Waals surface area contributed by atoms with Gasteiger partial charge in [-0.15, -0.1) is 0 Å². The highest BCUT2D eigenvalue weighted by atomic mass is 19.1. The number of nitrogens with two attached hydrogens (primary N) is 1. The third-order valence-electron chi connectivity index (χ3n) is 3.96. The molecule has 0 atom stereocenters. The first-order valence-electron chi connectivity index (χ1n) is 7.50. The SMILES string of the molecule is COc1cccc2c1nc(N)n1cc(Cc3cccc(F)c3)nc21. The van der Waals surface area contributed by atoms with Crippen molar-refractivity contribution in [2.75, 3.05) is 12.8 Å². The van der Waals surface area contributed by atoms with Crippen LogP contribution < -0.4 is 10.5 Å². The lowest BCUT2D eigenvalue weighted by molar-refractivity contribution is 0.419. The zero-order valence-electron chi connectivity index (χ0n) is 13.0. The molecule has 4 aromatic rings. The van der Waals surface area contributed by atoms with E-state index in [-0.39, 0.29) is 5.82 Å². The lowest BCUT2D eigenvalue weighted by atomic mass is 10.1. The maximum Gasteiger partial charge on any atom is 0.206 e. The molecule has 0 bridgehead atoms. The Bertz CT molecular complexity index is 1060. The lowest BCUT2D eigenvalue weighted by Crippen LogP contribution is -2.01. The number of nitrogens with zero attached hydrogens (tertiary/aromatic N) is 3. The van der Waals surface area contributed by atoms with Crippen LogP contribution in [-0.2, 0) is 6.42 Å². The molecule has 0 aliphatic carbocycles. The van der Waals surface area contributed by atoms with Crippen molar-refractivity contribution in [3.63, 3.8) is 0 Å². The van der Waals surface area contributed by atoms with Crippen LogP contribution in [0.3, 0.4) is 0 Å². The number of halogens is 1. The molecular formula is C18H15FN4O. The van der Waals surface area contributed by atoms with Gasteiger partial charge in [0.2, 0.25) is 5.95 Å². The van der Waals surface area contributed by atoms with E-state index in [2.05, 4.69) is 9.97 Å². The van der Waals surface area contributed by atoms with E-state index in [0.29, 0.717) is 29.3 Å². The zero-order valence-corrected chi connectivity index (χ0v) is 13.0. The van der Waals surface area contributed by atoms with Gasteiger partial charge in [0.25, 0.3) is 0 Å². The van der Waals surface area contributed by atoms with Crippen molar-refractivity contribution < 1.29 is 9.13 Å². The number of nitrogen functional groups attached to an aromatic ring is 1. The number of anilines is 1. The molecule has 5 nitrogen and oxygen atoms in total. The van der Waals surface area contributed by atoms with Crippen molar-refractivity contribution in [1.82, 2.24) is 14.4 Å². The Hall–Kier alpha value is -3.15. The van der Waals surface area contributed by atoms with Gasteiger partial charge in [-0.3, -0.25) is 4.40 Å². The second-order valence-electron chi connectivity index (χ2n) is 5.56. The van der Waals surface area contributed by atoms with E-state index in [9.17, 15) is 4.39 Å². The minimum atomic E-state index is -0.257. The van der Waals surface area contributed by atoms with Gasteiger partial charge in [-0.2, -0.15) is 0 Å². The van der Waals surface area contributed by atoms with Gasteiger partial charge in [-0.1, -0.05) is 18.2 Å². The number of aromatic nitrogens is 3. The summed E-state index contributed by atoms with van der Waals surface area (Å²) in [7, 11) is 1.60. The van der Waals surface area contributed by atoms with Crippen molar-refractivity contribution in [2.45, 2.75) is 6.42 Å². The fraction of sp³-hybridized carbons (Fsp3) is 0.111. The van der Waals surface area contributed by atoms with Crippen LogP contribution in [0, 0.1) is 5.82 Å². The first kappa shape index (κ1) is 14.4. The van der Waals surface area contributed by atoms with E-state index in [0.717, 1.165) is 16.6 Å². The predicted molar refractivity (Wildman–Crippen MR) is 90.7 cm³/mol. The molecule has 2 heterocycles. The minimum Gasteiger partial charge on any atom is -0.494 e. The number of benzene rings is 2.